The zero-order chi connectivity index (χ0) is 10.6. The van der Waals surface area contributed by atoms with Crippen molar-refractivity contribution in [2.75, 3.05) is 25.0 Å². The van der Waals surface area contributed by atoms with E-state index in [4.69, 9.17) is 5.73 Å². The van der Waals surface area contributed by atoms with Gasteiger partial charge in [0.05, 0.1) is 5.00 Å². The summed E-state index contributed by atoms with van der Waals surface area (Å²) in [6.45, 7) is 4.10. The Hall–Kier alpha value is -0.0600. The molecule has 0 amide bonds. The molecule has 1 rings (SSSR count). The van der Waals surface area contributed by atoms with Gasteiger partial charge in [-0.2, -0.15) is 0 Å². The van der Waals surface area contributed by atoms with Crippen LogP contribution in [0.2, 0.25) is 0 Å². The van der Waals surface area contributed by atoms with Crippen LogP contribution in [0.15, 0.2) is 15.9 Å². The summed E-state index contributed by atoms with van der Waals surface area (Å²) in [4.78, 5) is 2.29. The lowest BCUT2D eigenvalue weighted by molar-refractivity contribution is 0.540. The van der Waals surface area contributed by atoms with Crippen LogP contribution in [-0.4, -0.2) is 20.1 Å². The summed E-state index contributed by atoms with van der Waals surface area (Å²) in [5.74, 6) is 0.658. The number of nitrogens with zero attached hydrogens (tertiary/aromatic N) is 1. The van der Waals surface area contributed by atoms with Crippen LogP contribution < -0.4 is 10.6 Å². The molecule has 80 valence electrons. The van der Waals surface area contributed by atoms with E-state index in [1.54, 1.807) is 11.3 Å². The molecule has 1 atom stereocenters. The molecular weight excluding hydrogens is 260 g/mol. The second-order valence-electron chi connectivity index (χ2n) is 3.67. The summed E-state index contributed by atoms with van der Waals surface area (Å²) in [6.07, 6.45) is 1.09. The average molecular weight is 277 g/mol. The van der Waals surface area contributed by atoms with Crippen molar-refractivity contribution in [3.63, 3.8) is 0 Å². The molecule has 0 spiro atoms. The Morgan fingerprint density at radius 3 is 2.86 bits per heavy atom. The van der Waals surface area contributed by atoms with E-state index in [1.807, 2.05) is 0 Å². The molecule has 0 saturated heterocycles. The van der Waals surface area contributed by atoms with Crippen molar-refractivity contribution in [2.45, 2.75) is 13.3 Å². The molecule has 0 aliphatic carbocycles. The Morgan fingerprint density at radius 1 is 1.64 bits per heavy atom. The van der Waals surface area contributed by atoms with Gasteiger partial charge in [-0.15, -0.1) is 11.3 Å². The predicted molar refractivity (Wildman–Crippen MR) is 68.1 cm³/mol. The molecular formula is C10H17BrN2S. The molecule has 14 heavy (non-hydrogen) atoms. The van der Waals surface area contributed by atoms with E-state index in [0.717, 1.165) is 24.0 Å². The molecule has 0 radical (unpaired) electrons. The second-order valence-corrected chi connectivity index (χ2v) is 5.47. The van der Waals surface area contributed by atoms with E-state index >= 15 is 0 Å². The molecule has 4 heteroatoms. The zero-order valence-corrected chi connectivity index (χ0v) is 11.1. The molecule has 0 saturated carbocycles. The summed E-state index contributed by atoms with van der Waals surface area (Å²) < 4.78 is 1.16. The number of hydrogen-bond acceptors (Lipinski definition) is 3. The molecule has 1 aromatic heterocycles. The number of nitrogens with two attached hydrogens (primary N) is 1. The summed E-state index contributed by atoms with van der Waals surface area (Å²) in [6, 6.07) is 2.15. The van der Waals surface area contributed by atoms with Crippen LogP contribution in [-0.2, 0) is 0 Å². The van der Waals surface area contributed by atoms with Crippen molar-refractivity contribution in [3.05, 3.63) is 15.9 Å². The third-order valence-electron chi connectivity index (χ3n) is 2.17. The minimum Gasteiger partial charge on any atom is -0.366 e. The van der Waals surface area contributed by atoms with E-state index in [0.29, 0.717) is 5.92 Å². The number of hydrogen-bond donors (Lipinski definition) is 1. The summed E-state index contributed by atoms with van der Waals surface area (Å²) in [5.41, 5.74) is 5.52. The van der Waals surface area contributed by atoms with Crippen molar-refractivity contribution in [2.24, 2.45) is 11.7 Å². The summed E-state index contributed by atoms with van der Waals surface area (Å²) in [7, 11) is 2.13. The Kier molecular flexibility index (Phi) is 4.92. The molecule has 0 fully saturated rings. The SMILES string of the molecule is CC(CCN)CN(C)c1cc(Br)cs1. The maximum absolute atomic E-state index is 5.52. The fourth-order valence-electron chi connectivity index (χ4n) is 1.44. The van der Waals surface area contributed by atoms with E-state index < -0.39 is 0 Å². The Labute approximate surface area is 98.2 Å². The smallest absolute Gasteiger partial charge is 0.0917 e. The van der Waals surface area contributed by atoms with Crippen LogP contribution in [0.5, 0.6) is 0 Å². The van der Waals surface area contributed by atoms with Crippen molar-refractivity contribution in [1.82, 2.24) is 0 Å². The highest BCUT2D eigenvalue weighted by Gasteiger charge is 2.08. The number of halogens is 1. The van der Waals surface area contributed by atoms with Crippen LogP contribution in [0, 0.1) is 5.92 Å². The standard InChI is InChI=1S/C10H17BrN2S/c1-8(3-4-12)6-13(2)10-5-9(11)7-14-10/h5,7-8H,3-4,6,12H2,1-2H3. The maximum atomic E-state index is 5.52. The highest BCUT2D eigenvalue weighted by atomic mass is 79.9. The van der Waals surface area contributed by atoms with Gasteiger partial charge in [-0.3, -0.25) is 0 Å². The number of thiophene rings is 1. The van der Waals surface area contributed by atoms with Crippen LogP contribution in [0.1, 0.15) is 13.3 Å². The molecule has 0 aromatic carbocycles. The lowest BCUT2D eigenvalue weighted by Crippen LogP contribution is -2.24. The van der Waals surface area contributed by atoms with Crippen molar-refractivity contribution < 1.29 is 0 Å². The van der Waals surface area contributed by atoms with Gasteiger partial charge in [0.1, 0.15) is 0 Å². The molecule has 1 unspecified atom stereocenters. The fraction of sp³-hybridized carbons (Fsp3) is 0.600. The monoisotopic (exact) mass is 276 g/mol. The first kappa shape index (κ1) is 12.0. The minimum absolute atomic E-state index is 0.658. The molecule has 0 bridgehead atoms. The normalized spacial score (nSPS) is 12.9. The van der Waals surface area contributed by atoms with Crippen molar-refractivity contribution in [3.8, 4) is 0 Å². The van der Waals surface area contributed by atoms with Gasteiger partial charge in [-0.25, -0.2) is 0 Å². The van der Waals surface area contributed by atoms with Crippen LogP contribution >= 0.6 is 27.3 Å². The third kappa shape index (κ3) is 3.59. The predicted octanol–water partition coefficient (Wildman–Crippen LogP) is 2.93. The lowest BCUT2D eigenvalue weighted by Gasteiger charge is -2.21. The van der Waals surface area contributed by atoms with E-state index in [1.165, 1.54) is 5.00 Å². The molecule has 0 aliphatic heterocycles. The van der Waals surface area contributed by atoms with E-state index in [-0.39, 0.29) is 0 Å². The Morgan fingerprint density at radius 2 is 2.36 bits per heavy atom. The highest BCUT2D eigenvalue weighted by molar-refractivity contribution is 9.10. The van der Waals surface area contributed by atoms with Gasteiger partial charge < -0.3 is 10.6 Å². The van der Waals surface area contributed by atoms with Gasteiger partial charge in [0.15, 0.2) is 0 Å². The molecule has 1 heterocycles. The summed E-state index contributed by atoms with van der Waals surface area (Å²) in [5, 5.41) is 3.42. The third-order valence-corrected chi connectivity index (χ3v) is 3.98. The Bertz CT molecular complexity index is 275. The van der Waals surface area contributed by atoms with Gasteiger partial charge in [0.25, 0.3) is 0 Å². The van der Waals surface area contributed by atoms with Gasteiger partial charge >= 0.3 is 0 Å². The van der Waals surface area contributed by atoms with Gasteiger partial charge in [-0.05, 0) is 40.9 Å². The first-order chi connectivity index (χ1) is 6.63. The first-order valence-electron chi connectivity index (χ1n) is 4.78. The lowest BCUT2D eigenvalue weighted by atomic mass is 10.1. The topological polar surface area (TPSA) is 29.3 Å². The summed E-state index contributed by atoms with van der Waals surface area (Å²) >= 11 is 5.23. The van der Waals surface area contributed by atoms with Crippen LogP contribution in [0.3, 0.4) is 0 Å². The molecule has 2 N–H and O–H groups in total. The minimum atomic E-state index is 0.658. The number of rotatable bonds is 5. The van der Waals surface area contributed by atoms with Gasteiger partial charge in [0, 0.05) is 23.4 Å². The maximum Gasteiger partial charge on any atom is 0.0917 e. The van der Waals surface area contributed by atoms with Crippen molar-refractivity contribution >= 4 is 32.3 Å². The van der Waals surface area contributed by atoms with Crippen LogP contribution in [0.4, 0.5) is 5.00 Å². The van der Waals surface area contributed by atoms with Crippen LogP contribution in [0.25, 0.3) is 0 Å². The molecule has 0 aliphatic rings. The van der Waals surface area contributed by atoms with Crippen molar-refractivity contribution in [1.29, 1.82) is 0 Å². The van der Waals surface area contributed by atoms with E-state index in [2.05, 4.69) is 46.2 Å². The zero-order valence-electron chi connectivity index (χ0n) is 8.66. The first-order valence-corrected chi connectivity index (χ1v) is 6.46. The average Bonchev–Trinajstić information content (AvgIpc) is 2.52. The highest BCUT2D eigenvalue weighted by Crippen LogP contribution is 2.27. The van der Waals surface area contributed by atoms with E-state index in [9.17, 15) is 0 Å². The molecule has 2 nitrogen and oxygen atoms in total. The number of anilines is 1. The quantitative estimate of drug-likeness (QED) is 0.896. The Balaban J connectivity index is 2.45. The fourth-order valence-corrected chi connectivity index (χ4v) is 2.84. The molecule has 1 aromatic rings. The van der Waals surface area contributed by atoms with Gasteiger partial charge in [0.2, 0.25) is 0 Å². The second kappa shape index (κ2) is 5.73. The van der Waals surface area contributed by atoms with Gasteiger partial charge in [-0.1, -0.05) is 6.92 Å². The largest absolute Gasteiger partial charge is 0.366 e.